The Morgan fingerprint density at radius 2 is 2.18 bits per heavy atom. The molecule has 1 aliphatic rings. The minimum absolute atomic E-state index is 0.205. The van der Waals surface area contributed by atoms with Gasteiger partial charge in [0.1, 0.15) is 0 Å². The van der Waals surface area contributed by atoms with Gasteiger partial charge in [-0.25, -0.2) is 0 Å². The van der Waals surface area contributed by atoms with E-state index in [-0.39, 0.29) is 6.04 Å². The smallest absolute Gasteiger partial charge is 0.226 e. The number of aromatic nitrogens is 2. The highest BCUT2D eigenvalue weighted by Crippen LogP contribution is 2.29. The van der Waals surface area contributed by atoms with Gasteiger partial charge in [-0.3, -0.25) is 9.11 Å². The number of rotatable bonds is 6. The number of hydrogen-bond donors (Lipinski definition) is 0. The third kappa shape index (κ3) is 3.44. The van der Waals surface area contributed by atoms with Crippen molar-refractivity contribution < 1.29 is 8.73 Å². The average molecular weight is 319 g/mol. The summed E-state index contributed by atoms with van der Waals surface area (Å²) in [5.41, 5.74) is 0. The zero-order valence-electron chi connectivity index (χ0n) is 12.8. The van der Waals surface area contributed by atoms with Crippen LogP contribution in [0.15, 0.2) is 39.8 Å². The number of hydrogen-bond acceptors (Lipinski definition) is 5. The number of likely N-dealkylation sites (tertiary alicyclic amines) is 1. The van der Waals surface area contributed by atoms with E-state index in [1.54, 1.807) is 0 Å². The molecule has 1 aromatic heterocycles. The van der Waals surface area contributed by atoms with Crippen molar-refractivity contribution in [2.75, 3.05) is 18.8 Å². The first-order valence-corrected chi connectivity index (χ1v) is 9.09. The van der Waals surface area contributed by atoms with Gasteiger partial charge in [-0.15, -0.1) is 0 Å². The van der Waals surface area contributed by atoms with Gasteiger partial charge in [0.05, 0.1) is 16.8 Å². The summed E-state index contributed by atoms with van der Waals surface area (Å²) in [5.74, 6) is 2.11. The van der Waals surface area contributed by atoms with E-state index in [0.29, 0.717) is 11.6 Å². The summed E-state index contributed by atoms with van der Waals surface area (Å²) in [6.07, 6.45) is 2.93. The average Bonchev–Trinajstić information content (AvgIpc) is 3.21. The summed E-state index contributed by atoms with van der Waals surface area (Å²) in [5, 5.41) is 4.10. The molecule has 0 unspecified atom stereocenters. The first-order chi connectivity index (χ1) is 10.8. The molecule has 2 heterocycles. The largest absolute Gasteiger partial charge is 0.339 e. The Bertz CT molecular complexity index is 629. The Balaban J connectivity index is 1.60. The lowest BCUT2D eigenvalue weighted by Gasteiger charge is -2.21. The second kappa shape index (κ2) is 7.15. The molecule has 118 valence electrons. The Labute approximate surface area is 133 Å². The van der Waals surface area contributed by atoms with Crippen molar-refractivity contribution in [2.24, 2.45) is 0 Å². The van der Waals surface area contributed by atoms with E-state index in [1.807, 2.05) is 37.3 Å². The molecule has 3 rings (SSSR count). The first kappa shape index (κ1) is 15.4. The van der Waals surface area contributed by atoms with Crippen molar-refractivity contribution in [3.63, 3.8) is 0 Å². The molecule has 6 heteroatoms. The minimum Gasteiger partial charge on any atom is -0.339 e. The second-order valence-electron chi connectivity index (χ2n) is 5.46. The lowest BCUT2D eigenvalue weighted by Crippen LogP contribution is -2.28. The lowest BCUT2D eigenvalue weighted by atomic mass is 10.2. The Morgan fingerprint density at radius 1 is 1.36 bits per heavy atom. The SMILES string of the molecule is CCc1nc([C@H]2CCCN2CC[S@@](=O)c2ccccc2)no1. The molecule has 2 atom stereocenters. The van der Waals surface area contributed by atoms with Gasteiger partial charge in [0.15, 0.2) is 5.82 Å². The van der Waals surface area contributed by atoms with Gasteiger partial charge in [-0.1, -0.05) is 30.3 Å². The third-order valence-electron chi connectivity index (χ3n) is 4.02. The van der Waals surface area contributed by atoms with Gasteiger partial charge in [-0.05, 0) is 31.5 Å². The molecule has 22 heavy (non-hydrogen) atoms. The topological polar surface area (TPSA) is 59.2 Å². The van der Waals surface area contributed by atoms with Crippen LogP contribution in [0.2, 0.25) is 0 Å². The van der Waals surface area contributed by atoms with E-state index in [4.69, 9.17) is 4.52 Å². The molecular formula is C16H21N3O2S. The molecule has 0 spiro atoms. The third-order valence-corrected chi connectivity index (χ3v) is 5.37. The Hall–Kier alpha value is -1.53. The summed E-state index contributed by atoms with van der Waals surface area (Å²) < 4.78 is 17.6. The zero-order chi connectivity index (χ0) is 15.4. The van der Waals surface area contributed by atoms with E-state index in [1.165, 1.54) is 0 Å². The molecule has 1 aromatic carbocycles. The number of nitrogens with zero attached hydrogens (tertiary/aromatic N) is 3. The number of aryl methyl sites for hydroxylation is 1. The highest BCUT2D eigenvalue weighted by molar-refractivity contribution is 7.85. The molecule has 0 aliphatic carbocycles. The van der Waals surface area contributed by atoms with Gasteiger partial charge < -0.3 is 4.52 Å². The van der Waals surface area contributed by atoms with Crippen molar-refractivity contribution in [1.82, 2.24) is 15.0 Å². The van der Waals surface area contributed by atoms with Gasteiger partial charge in [-0.2, -0.15) is 4.98 Å². The lowest BCUT2D eigenvalue weighted by molar-refractivity contribution is 0.256. The molecule has 1 fully saturated rings. The van der Waals surface area contributed by atoms with Gasteiger partial charge in [0.25, 0.3) is 0 Å². The Morgan fingerprint density at radius 3 is 2.91 bits per heavy atom. The molecule has 0 N–H and O–H groups in total. The van der Waals surface area contributed by atoms with E-state index in [0.717, 1.165) is 43.1 Å². The van der Waals surface area contributed by atoms with Crippen LogP contribution in [0, 0.1) is 0 Å². The zero-order valence-corrected chi connectivity index (χ0v) is 13.6. The summed E-state index contributed by atoms with van der Waals surface area (Å²) in [7, 11) is -0.953. The van der Waals surface area contributed by atoms with E-state index in [9.17, 15) is 4.21 Å². The maximum absolute atomic E-state index is 12.3. The summed E-state index contributed by atoms with van der Waals surface area (Å²) in [4.78, 5) is 7.67. The molecular weight excluding hydrogens is 298 g/mol. The fourth-order valence-corrected chi connectivity index (χ4v) is 3.92. The highest BCUT2D eigenvalue weighted by Gasteiger charge is 2.29. The van der Waals surface area contributed by atoms with Gasteiger partial charge >= 0.3 is 0 Å². The van der Waals surface area contributed by atoms with Crippen LogP contribution in [-0.2, 0) is 17.2 Å². The quantitative estimate of drug-likeness (QED) is 0.819. The molecule has 0 saturated carbocycles. The van der Waals surface area contributed by atoms with Crippen LogP contribution >= 0.6 is 0 Å². The normalized spacial score (nSPS) is 20.3. The molecule has 0 bridgehead atoms. The second-order valence-corrected chi connectivity index (χ2v) is 7.03. The van der Waals surface area contributed by atoms with Crippen LogP contribution in [0.25, 0.3) is 0 Å². The summed E-state index contributed by atoms with van der Waals surface area (Å²) in [6, 6.07) is 9.85. The molecule has 2 aromatic rings. The maximum Gasteiger partial charge on any atom is 0.226 e. The van der Waals surface area contributed by atoms with Crippen LogP contribution in [0.3, 0.4) is 0 Å². The number of benzene rings is 1. The minimum atomic E-state index is -0.953. The van der Waals surface area contributed by atoms with E-state index in [2.05, 4.69) is 15.0 Å². The van der Waals surface area contributed by atoms with Gasteiger partial charge in [0, 0.05) is 23.6 Å². The standard InChI is InChI=1S/C16H21N3O2S/c1-2-15-17-16(18-21-15)14-9-6-10-19(14)11-12-22(20)13-7-4-3-5-8-13/h3-5,7-8,14H,2,6,9-12H2,1H3/t14-,22-/m1/s1. The van der Waals surface area contributed by atoms with E-state index < -0.39 is 10.8 Å². The predicted molar refractivity (Wildman–Crippen MR) is 84.9 cm³/mol. The van der Waals surface area contributed by atoms with Crippen LogP contribution in [0.5, 0.6) is 0 Å². The molecule has 0 radical (unpaired) electrons. The predicted octanol–water partition coefficient (Wildman–Crippen LogP) is 2.58. The monoisotopic (exact) mass is 319 g/mol. The molecule has 0 amide bonds. The molecule has 1 saturated heterocycles. The van der Waals surface area contributed by atoms with Crippen molar-refractivity contribution in [1.29, 1.82) is 0 Å². The van der Waals surface area contributed by atoms with Crippen molar-refractivity contribution in [3.8, 4) is 0 Å². The van der Waals surface area contributed by atoms with Crippen LogP contribution in [-0.4, -0.2) is 38.1 Å². The van der Waals surface area contributed by atoms with Crippen LogP contribution in [0.1, 0.15) is 37.5 Å². The van der Waals surface area contributed by atoms with Crippen LogP contribution < -0.4 is 0 Å². The maximum atomic E-state index is 12.3. The van der Waals surface area contributed by atoms with Gasteiger partial charge in [0.2, 0.25) is 5.89 Å². The van der Waals surface area contributed by atoms with Crippen molar-refractivity contribution in [2.45, 2.75) is 37.1 Å². The first-order valence-electron chi connectivity index (χ1n) is 7.78. The van der Waals surface area contributed by atoms with Crippen LogP contribution in [0.4, 0.5) is 0 Å². The summed E-state index contributed by atoms with van der Waals surface area (Å²) >= 11 is 0. The van der Waals surface area contributed by atoms with Crippen molar-refractivity contribution in [3.05, 3.63) is 42.0 Å². The summed E-state index contributed by atoms with van der Waals surface area (Å²) in [6.45, 7) is 3.81. The highest BCUT2D eigenvalue weighted by atomic mass is 32.2. The van der Waals surface area contributed by atoms with Crippen molar-refractivity contribution >= 4 is 10.8 Å². The molecule has 1 aliphatic heterocycles. The fraction of sp³-hybridized carbons (Fsp3) is 0.500. The van der Waals surface area contributed by atoms with E-state index >= 15 is 0 Å². The Kier molecular flexibility index (Phi) is 5.00. The fourth-order valence-electron chi connectivity index (χ4n) is 2.82. The molecule has 5 nitrogen and oxygen atoms in total.